The summed E-state index contributed by atoms with van der Waals surface area (Å²) in [5.74, 6) is -0.566. The molecule has 3 heterocycles. The van der Waals surface area contributed by atoms with E-state index >= 15 is 0 Å². The van der Waals surface area contributed by atoms with Crippen LogP contribution in [0, 0.1) is 20.2 Å². The van der Waals surface area contributed by atoms with Crippen LogP contribution in [0.5, 0.6) is 0 Å². The van der Waals surface area contributed by atoms with Gasteiger partial charge in [-0.2, -0.15) is 0 Å². The van der Waals surface area contributed by atoms with Gasteiger partial charge in [0.05, 0.1) is 28.6 Å². The Labute approximate surface area is 223 Å². The molecule has 0 radical (unpaired) electrons. The van der Waals surface area contributed by atoms with Crippen LogP contribution in [0.1, 0.15) is 13.8 Å². The standard InChI is InChI=1S/C12H12N4O4S.C8H9ClN4O4/c1-2-20-12(17)15-9-6-7(8-4-3-5-21-8)10(16(18)19)11(13)14-9;1-2-17-8(14)12-5-3-4(9)6(13(15)16)7(10)11-5/h3-6H,2H2,1H3,(H3,13,14,15,17);3H,2H2,1H3,(H3,10,11,12,14). The number of thiophene rings is 1. The summed E-state index contributed by atoms with van der Waals surface area (Å²) in [4.78, 5) is 50.9. The van der Waals surface area contributed by atoms with Gasteiger partial charge in [0.1, 0.15) is 16.7 Å². The third-order valence-corrected chi connectivity index (χ3v) is 5.35. The number of nitrogen functional groups attached to an aromatic ring is 2. The predicted molar refractivity (Wildman–Crippen MR) is 140 cm³/mol. The van der Waals surface area contributed by atoms with E-state index in [0.29, 0.717) is 10.4 Å². The number of nitrogens with one attached hydrogen (secondary N) is 2. The van der Waals surface area contributed by atoms with Crippen molar-refractivity contribution in [1.29, 1.82) is 0 Å². The number of hydrogen-bond donors (Lipinski definition) is 4. The monoisotopic (exact) mass is 568 g/mol. The summed E-state index contributed by atoms with van der Waals surface area (Å²) < 4.78 is 9.33. The summed E-state index contributed by atoms with van der Waals surface area (Å²) in [5.41, 5.74) is 10.5. The largest absolute Gasteiger partial charge is 0.450 e. The first-order chi connectivity index (χ1) is 18.0. The highest BCUT2D eigenvalue weighted by Crippen LogP contribution is 2.37. The van der Waals surface area contributed by atoms with E-state index in [-0.39, 0.29) is 47.2 Å². The number of carbonyl (C=O) groups excluding carboxylic acids is 2. The molecule has 3 aromatic rings. The van der Waals surface area contributed by atoms with E-state index in [1.165, 1.54) is 17.4 Å². The lowest BCUT2D eigenvalue weighted by molar-refractivity contribution is -0.384. The molecule has 18 heteroatoms. The zero-order chi connectivity index (χ0) is 28.4. The third-order valence-electron chi connectivity index (χ3n) is 4.16. The van der Waals surface area contributed by atoms with Crippen LogP contribution in [0.25, 0.3) is 10.4 Å². The number of carbonyl (C=O) groups is 2. The van der Waals surface area contributed by atoms with Gasteiger partial charge >= 0.3 is 23.6 Å². The topological polar surface area (TPSA) is 241 Å². The van der Waals surface area contributed by atoms with Gasteiger partial charge in [-0.05, 0) is 31.4 Å². The van der Waals surface area contributed by atoms with Crippen LogP contribution in [-0.2, 0) is 9.47 Å². The van der Waals surface area contributed by atoms with E-state index < -0.39 is 27.7 Å². The van der Waals surface area contributed by atoms with Crippen LogP contribution in [0.15, 0.2) is 29.6 Å². The number of hydrogen-bond acceptors (Lipinski definition) is 13. The first kappa shape index (κ1) is 29.5. The van der Waals surface area contributed by atoms with Crippen molar-refractivity contribution in [3.8, 4) is 10.4 Å². The van der Waals surface area contributed by atoms with Gasteiger partial charge in [0.15, 0.2) is 0 Å². The minimum absolute atomic E-state index is 0.0171. The van der Waals surface area contributed by atoms with Gasteiger partial charge in [0.25, 0.3) is 0 Å². The summed E-state index contributed by atoms with van der Waals surface area (Å²) in [7, 11) is 0. The van der Waals surface area contributed by atoms with Crippen LogP contribution < -0.4 is 22.1 Å². The molecule has 2 amide bonds. The van der Waals surface area contributed by atoms with E-state index in [2.05, 4.69) is 25.3 Å². The molecule has 0 fully saturated rings. The fourth-order valence-corrected chi connectivity index (χ4v) is 3.76. The van der Waals surface area contributed by atoms with Gasteiger partial charge in [-0.3, -0.25) is 30.9 Å². The molecular weight excluding hydrogens is 548 g/mol. The Morgan fingerprint density at radius 1 is 0.974 bits per heavy atom. The molecule has 0 unspecified atom stereocenters. The number of amides is 2. The van der Waals surface area contributed by atoms with Gasteiger partial charge in [-0.25, -0.2) is 19.6 Å². The summed E-state index contributed by atoms with van der Waals surface area (Å²) in [6.45, 7) is 3.67. The first-order valence-corrected chi connectivity index (χ1v) is 11.7. The van der Waals surface area contributed by atoms with E-state index in [1.807, 2.05) is 0 Å². The number of nitrogens with two attached hydrogens (primary N) is 2. The van der Waals surface area contributed by atoms with Crippen LogP contribution in [0.2, 0.25) is 5.02 Å². The highest BCUT2D eigenvalue weighted by atomic mass is 35.5. The SMILES string of the molecule is CCOC(=O)Nc1cc(-c2cccs2)c([N+](=O)[O-])c(N)n1.CCOC(=O)Nc1cc(Cl)c([N+](=O)[O-])c(N)n1. The number of rotatable bonds is 7. The molecule has 0 aliphatic heterocycles. The number of anilines is 4. The van der Waals surface area contributed by atoms with Gasteiger partial charge in [0.2, 0.25) is 11.6 Å². The zero-order valence-corrected chi connectivity index (χ0v) is 21.4. The first-order valence-electron chi connectivity index (χ1n) is 10.4. The minimum Gasteiger partial charge on any atom is -0.450 e. The molecule has 0 spiro atoms. The van der Waals surface area contributed by atoms with Crippen molar-refractivity contribution >= 4 is 69.8 Å². The molecule has 3 rings (SSSR count). The molecule has 0 aliphatic carbocycles. The average Bonchev–Trinajstić information content (AvgIpc) is 3.33. The van der Waals surface area contributed by atoms with Crippen LogP contribution >= 0.6 is 22.9 Å². The van der Waals surface area contributed by atoms with Gasteiger partial charge in [0, 0.05) is 10.9 Å². The summed E-state index contributed by atoms with van der Waals surface area (Å²) >= 11 is 6.96. The Balaban J connectivity index is 0.000000273. The lowest BCUT2D eigenvalue weighted by atomic mass is 10.1. The highest BCUT2D eigenvalue weighted by molar-refractivity contribution is 7.13. The average molecular weight is 569 g/mol. The number of pyridine rings is 2. The molecular formula is C20H21ClN8O8S. The van der Waals surface area contributed by atoms with Crippen LogP contribution in [0.3, 0.4) is 0 Å². The van der Waals surface area contributed by atoms with Crippen LogP contribution in [-0.4, -0.2) is 45.2 Å². The summed E-state index contributed by atoms with van der Waals surface area (Å²) in [5, 5.41) is 27.9. The van der Waals surface area contributed by atoms with Crippen LogP contribution in [0.4, 0.5) is 44.2 Å². The van der Waals surface area contributed by atoms with Gasteiger partial charge < -0.3 is 20.9 Å². The molecule has 16 nitrogen and oxygen atoms in total. The normalized spacial score (nSPS) is 9.97. The maximum Gasteiger partial charge on any atom is 0.412 e. The second-order valence-corrected chi connectivity index (χ2v) is 8.05. The molecule has 0 aliphatic rings. The van der Waals surface area contributed by atoms with Gasteiger partial charge in [-0.15, -0.1) is 11.3 Å². The molecule has 0 saturated heterocycles. The van der Waals surface area contributed by atoms with Crippen molar-refractivity contribution in [1.82, 2.24) is 9.97 Å². The van der Waals surface area contributed by atoms with Crippen molar-refractivity contribution < 1.29 is 28.9 Å². The van der Waals surface area contributed by atoms with Crippen molar-refractivity contribution in [2.45, 2.75) is 13.8 Å². The van der Waals surface area contributed by atoms with E-state index in [9.17, 15) is 29.8 Å². The summed E-state index contributed by atoms with van der Waals surface area (Å²) in [6, 6.07) is 6.00. The predicted octanol–water partition coefficient (Wildman–Crippen LogP) is 4.66. The van der Waals surface area contributed by atoms with Crippen molar-refractivity contribution in [2.75, 3.05) is 35.3 Å². The second-order valence-electron chi connectivity index (χ2n) is 6.69. The van der Waals surface area contributed by atoms with Crippen molar-refractivity contribution in [3.05, 3.63) is 54.9 Å². The molecule has 6 N–H and O–H groups in total. The molecule has 0 aromatic carbocycles. The molecule has 0 atom stereocenters. The number of nitrogens with zero attached hydrogens (tertiary/aromatic N) is 4. The summed E-state index contributed by atoms with van der Waals surface area (Å²) in [6.07, 6.45) is -1.44. The van der Waals surface area contributed by atoms with E-state index in [4.69, 9.17) is 27.8 Å². The highest BCUT2D eigenvalue weighted by Gasteiger charge is 2.24. The maximum absolute atomic E-state index is 11.4. The lowest BCUT2D eigenvalue weighted by Crippen LogP contribution is -2.15. The quantitative estimate of drug-likeness (QED) is 0.224. The van der Waals surface area contributed by atoms with Gasteiger partial charge in [-0.1, -0.05) is 17.7 Å². The molecule has 202 valence electrons. The second kappa shape index (κ2) is 13.5. The Morgan fingerprint density at radius 3 is 1.89 bits per heavy atom. The number of nitro groups is 2. The molecule has 38 heavy (non-hydrogen) atoms. The Bertz CT molecular complexity index is 1320. The van der Waals surface area contributed by atoms with Crippen molar-refractivity contribution in [3.63, 3.8) is 0 Å². The zero-order valence-electron chi connectivity index (χ0n) is 19.8. The fourth-order valence-electron chi connectivity index (χ4n) is 2.75. The molecule has 0 saturated carbocycles. The lowest BCUT2D eigenvalue weighted by Gasteiger charge is -2.08. The Kier molecular flexibility index (Phi) is 10.5. The Hall–Kier alpha value is -4.77. The van der Waals surface area contributed by atoms with E-state index in [0.717, 1.165) is 6.07 Å². The smallest absolute Gasteiger partial charge is 0.412 e. The maximum atomic E-state index is 11.4. The number of aromatic nitrogens is 2. The number of halogens is 1. The number of ether oxygens (including phenoxy) is 2. The molecule has 0 bridgehead atoms. The third kappa shape index (κ3) is 7.87. The minimum atomic E-state index is -0.751. The van der Waals surface area contributed by atoms with Crippen molar-refractivity contribution in [2.24, 2.45) is 0 Å². The Morgan fingerprint density at radius 2 is 1.47 bits per heavy atom. The molecule has 3 aromatic heterocycles. The van der Waals surface area contributed by atoms with E-state index in [1.54, 1.807) is 31.4 Å². The fraction of sp³-hybridized carbons (Fsp3) is 0.200.